The fourth-order valence-electron chi connectivity index (χ4n) is 3.25. The Morgan fingerprint density at radius 1 is 1.07 bits per heavy atom. The average molecular weight is 465 g/mol. The summed E-state index contributed by atoms with van der Waals surface area (Å²) in [7, 11) is -3.71. The maximum Gasteiger partial charge on any atom is 0.258 e. The van der Waals surface area contributed by atoms with Gasteiger partial charge in [0.25, 0.3) is 5.91 Å². The molecule has 0 aliphatic carbocycles. The Bertz CT molecular complexity index is 1200. The second kappa shape index (κ2) is 8.39. The summed E-state index contributed by atoms with van der Waals surface area (Å²) >= 11 is 12.2. The first-order valence-corrected chi connectivity index (χ1v) is 11.5. The zero-order valence-electron chi connectivity index (χ0n) is 15.8. The molecule has 7 nitrogen and oxygen atoms in total. The molecule has 30 heavy (non-hydrogen) atoms. The zero-order chi connectivity index (χ0) is 21.3. The molecule has 3 aromatic rings. The SMILES string of the molecule is O=C(Nc1ccc(Cl)c(S(=O)(=O)N2CCCC2)c1)c1cnn(-c2cccc(Cl)c2)c1. The summed E-state index contributed by atoms with van der Waals surface area (Å²) in [4.78, 5) is 12.6. The van der Waals surface area contributed by atoms with Gasteiger partial charge in [-0.3, -0.25) is 4.79 Å². The fraction of sp³-hybridized carbons (Fsp3) is 0.200. The fourth-order valence-corrected chi connectivity index (χ4v) is 5.45. The summed E-state index contributed by atoms with van der Waals surface area (Å²) in [6, 6.07) is 11.5. The van der Waals surface area contributed by atoms with E-state index in [4.69, 9.17) is 23.2 Å². The van der Waals surface area contributed by atoms with Crippen molar-refractivity contribution in [1.29, 1.82) is 0 Å². The van der Waals surface area contributed by atoms with Crippen molar-refractivity contribution in [3.05, 3.63) is 70.5 Å². The van der Waals surface area contributed by atoms with Crippen LogP contribution in [0.3, 0.4) is 0 Å². The molecule has 0 bridgehead atoms. The molecule has 1 aliphatic rings. The Morgan fingerprint density at radius 2 is 1.83 bits per heavy atom. The van der Waals surface area contributed by atoms with Crippen LogP contribution < -0.4 is 5.32 Å². The molecule has 1 aliphatic heterocycles. The lowest BCUT2D eigenvalue weighted by molar-refractivity contribution is 0.102. The van der Waals surface area contributed by atoms with Crippen LogP contribution in [0.25, 0.3) is 5.69 Å². The number of sulfonamides is 1. The lowest BCUT2D eigenvalue weighted by Gasteiger charge is -2.17. The van der Waals surface area contributed by atoms with Crippen LogP contribution in [0.4, 0.5) is 5.69 Å². The smallest absolute Gasteiger partial charge is 0.258 e. The number of hydrogen-bond donors (Lipinski definition) is 1. The van der Waals surface area contributed by atoms with E-state index in [9.17, 15) is 13.2 Å². The first kappa shape index (κ1) is 20.9. The van der Waals surface area contributed by atoms with E-state index in [0.29, 0.717) is 35.1 Å². The number of amides is 1. The van der Waals surface area contributed by atoms with E-state index in [1.165, 1.54) is 27.3 Å². The molecule has 0 unspecified atom stereocenters. The van der Waals surface area contributed by atoms with Crippen molar-refractivity contribution in [2.24, 2.45) is 0 Å². The molecule has 2 aromatic carbocycles. The molecule has 156 valence electrons. The second-order valence-electron chi connectivity index (χ2n) is 6.86. The summed E-state index contributed by atoms with van der Waals surface area (Å²) in [6.45, 7) is 0.940. The first-order chi connectivity index (χ1) is 14.3. The summed E-state index contributed by atoms with van der Waals surface area (Å²) in [6.07, 6.45) is 4.64. The highest BCUT2D eigenvalue weighted by molar-refractivity contribution is 7.89. The highest BCUT2D eigenvalue weighted by Gasteiger charge is 2.29. The van der Waals surface area contributed by atoms with Crippen molar-refractivity contribution < 1.29 is 13.2 Å². The highest BCUT2D eigenvalue weighted by atomic mass is 35.5. The van der Waals surface area contributed by atoms with Crippen LogP contribution >= 0.6 is 23.2 Å². The standard InChI is InChI=1S/C20H18Cl2N4O3S/c21-15-4-3-5-17(10-15)26-13-14(12-23-26)20(27)24-16-6-7-18(22)19(11-16)30(28,29)25-8-1-2-9-25/h3-7,10-13H,1-2,8-9H2,(H,24,27). The molecule has 4 rings (SSSR count). The van der Waals surface area contributed by atoms with Crippen molar-refractivity contribution >= 4 is 44.8 Å². The van der Waals surface area contributed by atoms with Gasteiger partial charge in [0.1, 0.15) is 4.90 Å². The summed E-state index contributed by atoms with van der Waals surface area (Å²) < 4.78 is 28.7. The molecular formula is C20H18Cl2N4O3S. The number of anilines is 1. The van der Waals surface area contributed by atoms with Gasteiger partial charge in [0.15, 0.2) is 0 Å². The van der Waals surface area contributed by atoms with Gasteiger partial charge in [0, 0.05) is 30.0 Å². The van der Waals surface area contributed by atoms with Gasteiger partial charge >= 0.3 is 0 Å². The van der Waals surface area contributed by atoms with Crippen molar-refractivity contribution in [2.75, 3.05) is 18.4 Å². The topological polar surface area (TPSA) is 84.3 Å². The van der Waals surface area contributed by atoms with E-state index in [1.807, 2.05) is 6.07 Å². The third-order valence-corrected chi connectivity index (χ3v) is 7.40. The Labute approximate surface area is 184 Å². The minimum atomic E-state index is -3.71. The Morgan fingerprint density at radius 3 is 2.57 bits per heavy atom. The van der Waals surface area contributed by atoms with Crippen molar-refractivity contribution in [1.82, 2.24) is 14.1 Å². The van der Waals surface area contributed by atoms with Gasteiger partial charge in [-0.25, -0.2) is 13.1 Å². The van der Waals surface area contributed by atoms with E-state index in [2.05, 4.69) is 10.4 Å². The average Bonchev–Trinajstić information content (AvgIpc) is 3.42. The molecule has 0 spiro atoms. The number of nitrogens with one attached hydrogen (secondary N) is 1. The van der Waals surface area contributed by atoms with Gasteiger partial charge in [-0.2, -0.15) is 9.40 Å². The van der Waals surface area contributed by atoms with E-state index < -0.39 is 15.9 Å². The third kappa shape index (κ3) is 4.22. The van der Waals surface area contributed by atoms with Crippen LogP contribution in [0.15, 0.2) is 59.8 Å². The number of rotatable bonds is 5. The molecule has 0 atom stereocenters. The Kier molecular flexibility index (Phi) is 5.84. The molecule has 0 saturated carbocycles. The van der Waals surface area contributed by atoms with Gasteiger partial charge in [-0.05, 0) is 49.2 Å². The van der Waals surface area contributed by atoms with Crippen LogP contribution in [0, 0.1) is 0 Å². The van der Waals surface area contributed by atoms with E-state index >= 15 is 0 Å². The molecule has 1 fully saturated rings. The van der Waals surface area contributed by atoms with Gasteiger partial charge in [-0.15, -0.1) is 0 Å². The van der Waals surface area contributed by atoms with E-state index in [-0.39, 0.29) is 9.92 Å². The number of carbonyl (C=O) groups excluding carboxylic acids is 1. The van der Waals surface area contributed by atoms with Gasteiger partial charge in [0.2, 0.25) is 10.0 Å². The van der Waals surface area contributed by atoms with Crippen molar-refractivity contribution in [3.8, 4) is 5.69 Å². The monoisotopic (exact) mass is 464 g/mol. The molecule has 1 aromatic heterocycles. The van der Waals surface area contributed by atoms with Crippen molar-refractivity contribution in [3.63, 3.8) is 0 Å². The van der Waals surface area contributed by atoms with Crippen LogP contribution in [-0.2, 0) is 10.0 Å². The Hall–Kier alpha value is -2.39. The molecule has 10 heteroatoms. The van der Waals surface area contributed by atoms with E-state index in [0.717, 1.165) is 12.8 Å². The van der Waals surface area contributed by atoms with Crippen molar-refractivity contribution in [2.45, 2.75) is 17.7 Å². The predicted octanol–water partition coefficient (Wildman–Crippen LogP) is 4.22. The maximum atomic E-state index is 12.9. The Balaban J connectivity index is 1.56. The maximum absolute atomic E-state index is 12.9. The van der Waals surface area contributed by atoms with Crippen LogP contribution in [0.2, 0.25) is 10.0 Å². The minimum absolute atomic E-state index is 0.0153. The van der Waals surface area contributed by atoms with Gasteiger partial charge in [0.05, 0.1) is 22.5 Å². The molecular weight excluding hydrogens is 447 g/mol. The largest absolute Gasteiger partial charge is 0.322 e. The number of halogens is 2. The molecule has 1 saturated heterocycles. The lowest BCUT2D eigenvalue weighted by Crippen LogP contribution is -2.28. The van der Waals surface area contributed by atoms with Crippen LogP contribution in [0.1, 0.15) is 23.2 Å². The number of aromatic nitrogens is 2. The molecule has 2 heterocycles. The van der Waals surface area contributed by atoms with Crippen LogP contribution in [0.5, 0.6) is 0 Å². The number of hydrogen-bond acceptors (Lipinski definition) is 4. The van der Waals surface area contributed by atoms with Crippen LogP contribution in [-0.4, -0.2) is 41.5 Å². The lowest BCUT2D eigenvalue weighted by atomic mass is 10.3. The minimum Gasteiger partial charge on any atom is -0.322 e. The number of nitrogens with zero attached hydrogens (tertiary/aromatic N) is 3. The number of benzene rings is 2. The summed E-state index contributed by atoms with van der Waals surface area (Å²) in [5.74, 6) is -0.421. The summed E-state index contributed by atoms with van der Waals surface area (Å²) in [5, 5.41) is 7.57. The second-order valence-corrected chi connectivity index (χ2v) is 9.61. The highest BCUT2D eigenvalue weighted by Crippen LogP contribution is 2.29. The summed E-state index contributed by atoms with van der Waals surface area (Å²) in [5.41, 5.74) is 1.36. The first-order valence-electron chi connectivity index (χ1n) is 9.26. The molecule has 1 amide bonds. The predicted molar refractivity (Wildman–Crippen MR) is 116 cm³/mol. The zero-order valence-corrected chi connectivity index (χ0v) is 18.1. The molecule has 1 N–H and O–H groups in total. The number of carbonyl (C=O) groups is 1. The third-order valence-electron chi connectivity index (χ3n) is 4.79. The normalized spacial score (nSPS) is 14.7. The van der Waals surface area contributed by atoms with E-state index in [1.54, 1.807) is 30.5 Å². The van der Waals surface area contributed by atoms with Gasteiger partial charge < -0.3 is 5.32 Å². The van der Waals surface area contributed by atoms with Gasteiger partial charge in [-0.1, -0.05) is 29.3 Å². The molecule has 0 radical (unpaired) electrons. The quantitative estimate of drug-likeness (QED) is 0.612.